The number of amides is 1. The monoisotopic (exact) mass is 400 g/mol. The number of aryl methyl sites for hydroxylation is 2. The molecule has 3 rings (SSSR count). The molecule has 2 aromatic rings. The highest BCUT2D eigenvalue weighted by atomic mass is 16.6. The lowest BCUT2D eigenvalue weighted by Gasteiger charge is -2.32. The first-order valence-electron chi connectivity index (χ1n) is 9.74. The van der Waals surface area contributed by atoms with Gasteiger partial charge in [-0.25, -0.2) is 4.79 Å². The van der Waals surface area contributed by atoms with Gasteiger partial charge in [-0.3, -0.25) is 4.79 Å². The molecule has 1 aromatic carbocycles. The summed E-state index contributed by atoms with van der Waals surface area (Å²) in [7, 11) is 3.16. The van der Waals surface area contributed by atoms with Gasteiger partial charge in [0.2, 0.25) is 0 Å². The first-order valence-corrected chi connectivity index (χ1v) is 9.74. The van der Waals surface area contributed by atoms with Gasteiger partial charge >= 0.3 is 5.97 Å². The molecule has 156 valence electrons. The topological polar surface area (TPSA) is 80.9 Å². The molecule has 7 heteroatoms. The van der Waals surface area contributed by atoms with Crippen molar-refractivity contribution >= 4 is 17.6 Å². The molecule has 29 heavy (non-hydrogen) atoms. The van der Waals surface area contributed by atoms with Gasteiger partial charge in [-0.05, 0) is 56.4 Å². The van der Waals surface area contributed by atoms with Crippen LogP contribution in [0.3, 0.4) is 0 Å². The quantitative estimate of drug-likeness (QED) is 0.594. The summed E-state index contributed by atoms with van der Waals surface area (Å²) in [5.41, 5.74) is 5.09. The summed E-state index contributed by atoms with van der Waals surface area (Å²) in [6, 6.07) is 3.91. The first-order chi connectivity index (χ1) is 13.9. The van der Waals surface area contributed by atoms with Crippen LogP contribution in [0.2, 0.25) is 0 Å². The van der Waals surface area contributed by atoms with E-state index in [2.05, 4.69) is 4.98 Å². The zero-order valence-electron chi connectivity index (χ0n) is 17.7. The molecule has 0 radical (unpaired) electrons. The van der Waals surface area contributed by atoms with Gasteiger partial charge in [-0.15, -0.1) is 0 Å². The Morgan fingerprint density at radius 1 is 1.14 bits per heavy atom. The average molecular weight is 400 g/mol. The van der Waals surface area contributed by atoms with E-state index in [4.69, 9.17) is 14.2 Å². The Hall–Kier alpha value is -2.80. The third-order valence-corrected chi connectivity index (χ3v) is 5.40. The molecule has 1 N–H and O–H groups in total. The molecule has 0 atom stereocenters. The van der Waals surface area contributed by atoms with E-state index in [1.807, 2.05) is 19.1 Å². The van der Waals surface area contributed by atoms with Crippen molar-refractivity contribution in [3.63, 3.8) is 0 Å². The van der Waals surface area contributed by atoms with Crippen molar-refractivity contribution in [1.82, 2.24) is 4.98 Å². The van der Waals surface area contributed by atoms with Gasteiger partial charge in [0.1, 0.15) is 18.1 Å². The molecule has 1 amide bonds. The number of anilines is 1. The second kappa shape index (κ2) is 8.69. The number of methoxy groups -OCH3 is 2. The van der Waals surface area contributed by atoms with Crippen LogP contribution < -0.4 is 9.64 Å². The molecule has 1 aromatic heterocycles. The first kappa shape index (κ1) is 20.9. The van der Waals surface area contributed by atoms with Crippen LogP contribution in [0.5, 0.6) is 5.75 Å². The fourth-order valence-electron chi connectivity index (χ4n) is 3.92. The standard InChI is InChI=1S/C22H28N2O5/c1-13-8-9-17(28-5)20-16(13)7-6-10-24(20)21(25)19-14(2)18(15(3)23-19)22(26)29-12-11-27-4/h8-9,23H,6-7,10-12H2,1-5H3. The second-order valence-corrected chi connectivity index (χ2v) is 7.23. The van der Waals surface area contributed by atoms with Crippen LogP contribution in [-0.2, 0) is 15.9 Å². The molecule has 0 saturated heterocycles. The van der Waals surface area contributed by atoms with Gasteiger partial charge in [0, 0.05) is 19.3 Å². The predicted octanol–water partition coefficient (Wildman–Crippen LogP) is 3.34. The van der Waals surface area contributed by atoms with E-state index < -0.39 is 5.97 Å². The SMILES string of the molecule is COCCOC(=O)c1c(C)[nH]c(C(=O)N2CCCc3c(C)ccc(OC)c32)c1C. The maximum Gasteiger partial charge on any atom is 0.340 e. The molecule has 0 bridgehead atoms. The molecule has 0 aliphatic carbocycles. The van der Waals surface area contributed by atoms with E-state index >= 15 is 0 Å². The number of H-pyrrole nitrogens is 1. The van der Waals surface area contributed by atoms with Crippen LogP contribution in [-0.4, -0.2) is 50.8 Å². The minimum atomic E-state index is -0.459. The van der Waals surface area contributed by atoms with Gasteiger partial charge in [0.15, 0.2) is 0 Å². The van der Waals surface area contributed by atoms with Crippen molar-refractivity contribution in [3.05, 3.63) is 45.8 Å². The largest absolute Gasteiger partial charge is 0.495 e. The summed E-state index contributed by atoms with van der Waals surface area (Å²) < 4.78 is 15.7. The molecular weight excluding hydrogens is 372 g/mol. The van der Waals surface area contributed by atoms with Gasteiger partial charge in [-0.1, -0.05) is 6.07 Å². The van der Waals surface area contributed by atoms with Crippen LogP contribution in [0.4, 0.5) is 5.69 Å². The zero-order valence-corrected chi connectivity index (χ0v) is 17.7. The fraction of sp³-hybridized carbons (Fsp3) is 0.455. The fourth-order valence-corrected chi connectivity index (χ4v) is 3.92. The number of aromatic nitrogens is 1. The Bertz CT molecular complexity index is 932. The van der Waals surface area contributed by atoms with Gasteiger partial charge < -0.3 is 24.1 Å². The van der Waals surface area contributed by atoms with Crippen LogP contribution in [0.15, 0.2) is 12.1 Å². The van der Waals surface area contributed by atoms with Crippen molar-refractivity contribution < 1.29 is 23.8 Å². The molecular formula is C22H28N2O5. The minimum absolute atomic E-state index is 0.165. The number of hydrogen-bond donors (Lipinski definition) is 1. The lowest BCUT2D eigenvalue weighted by molar-refractivity contribution is 0.0387. The maximum atomic E-state index is 13.5. The van der Waals surface area contributed by atoms with E-state index in [0.29, 0.717) is 41.4 Å². The molecule has 7 nitrogen and oxygen atoms in total. The number of benzene rings is 1. The minimum Gasteiger partial charge on any atom is -0.495 e. The molecule has 1 aliphatic heterocycles. The highest BCUT2D eigenvalue weighted by molar-refractivity contribution is 6.09. The molecule has 0 saturated carbocycles. The number of fused-ring (bicyclic) bond motifs is 1. The number of aromatic amines is 1. The zero-order chi connectivity index (χ0) is 21.1. The molecule has 1 aliphatic rings. The van der Waals surface area contributed by atoms with Crippen LogP contribution in [0.1, 0.15) is 49.7 Å². The number of rotatable bonds is 6. The third kappa shape index (κ3) is 3.87. The lowest BCUT2D eigenvalue weighted by Crippen LogP contribution is -2.36. The lowest BCUT2D eigenvalue weighted by atomic mass is 9.95. The van der Waals surface area contributed by atoms with E-state index in [0.717, 1.165) is 29.7 Å². The van der Waals surface area contributed by atoms with Crippen molar-refractivity contribution in [2.24, 2.45) is 0 Å². The number of nitrogens with one attached hydrogen (secondary N) is 1. The van der Waals surface area contributed by atoms with Crippen LogP contribution in [0.25, 0.3) is 0 Å². The molecule has 0 unspecified atom stereocenters. The summed E-state index contributed by atoms with van der Waals surface area (Å²) in [4.78, 5) is 30.8. The normalized spacial score (nSPS) is 13.2. The van der Waals surface area contributed by atoms with E-state index in [-0.39, 0.29) is 12.5 Å². The predicted molar refractivity (Wildman–Crippen MR) is 110 cm³/mol. The highest BCUT2D eigenvalue weighted by Gasteiger charge is 2.31. The molecule has 0 spiro atoms. The van der Waals surface area contributed by atoms with Crippen molar-refractivity contribution in [2.75, 3.05) is 38.9 Å². The van der Waals surface area contributed by atoms with Crippen molar-refractivity contribution in [2.45, 2.75) is 33.6 Å². The van der Waals surface area contributed by atoms with Crippen LogP contribution in [0, 0.1) is 20.8 Å². The van der Waals surface area contributed by atoms with Crippen LogP contribution >= 0.6 is 0 Å². The summed E-state index contributed by atoms with van der Waals surface area (Å²) in [6.07, 6.45) is 1.78. The Morgan fingerprint density at radius 3 is 2.59 bits per heavy atom. The number of carbonyl (C=O) groups is 2. The Labute approximate surface area is 170 Å². The van der Waals surface area contributed by atoms with E-state index in [9.17, 15) is 9.59 Å². The Kier molecular flexibility index (Phi) is 6.27. The number of hydrogen-bond acceptors (Lipinski definition) is 5. The summed E-state index contributed by atoms with van der Waals surface area (Å²) >= 11 is 0. The average Bonchev–Trinajstić information content (AvgIpc) is 3.01. The summed E-state index contributed by atoms with van der Waals surface area (Å²) in [5.74, 6) is 0.0463. The molecule has 0 fully saturated rings. The van der Waals surface area contributed by atoms with E-state index in [1.54, 1.807) is 33.0 Å². The van der Waals surface area contributed by atoms with Gasteiger partial charge in [-0.2, -0.15) is 0 Å². The highest BCUT2D eigenvalue weighted by Crippen LogP contribution is 2.39. The number of ether oxygens (including phenoxy) is 3. The van der Waals surface area contributed by atoms with Crippen molar-refractivity contribution in [1.29, 1.82) is 0 Å². The Balaban J connectivity index is 1.97. The molecule has 2 heterocycles. The van der Waals surface area contributed by atoms with E-state index in [1.165, 1.54) is 0 Å². The number of carbonyl (C=O) groups excluding carboxylic acids is 2. The van der Waals surface area contributed by atoms with Gasteiger partial charge in [0.25, 0.3) is 5.91 Å². The third-order valence-electron chi connectivity index (χ3n) is 5.40. The number of nitrogens with zero attached hydrogens (tertiary/aromatic N) is 1. The second-order valence-electron chi connectivity index (χ2n) is 7.23. The van der Waals surface area contributed by atoms with Gasteiger partial charge in [0.05, 0.1) is 25.0 Å². The maximum absolute atomic E-state index is 13.5. The smallest absolute Gasteiger partial charge is 0.340 e. The summed E-state index contributed by atoms with van der Waals surface area (Å²) in [6.45, 7) is 6.66. The summed E-state index contributed by atoms with van der Waals surface area (Å²) in [5, 5.41) is 0. The number of esters is 1. The van der Waals surface area contributed by atoms with Crippen molar-refractivity contribution in [3.8, 4) is 5.75 Å². The Morgan fingerprint density at radius 2 is 1.90 bits per heavy atom.